The van der Waals surface area contributed by atoms with E-state index in [2.05, 4.69) is 15.1 Å². The fourth-order valence-electron chi connectivity index (χ4n) is 1.76. The number of hydrogen-bond acceptors (Lipinski definition) is 3. The molecule has 0 aliphatic carbocycles. The normalized spacial score (nSPS) is 10.9. The standard InChI is InChI=1S/C11H17N5/c1-8-9(7-16(2)15-8)10-6-13-11(14-10)4-3-5-12/h6-7H,3-5,12H2,1-2H3,(H,13,14). The molecule has 2 aromatic heterocycles. The summed E-state index contributed by atoms with van der Waals surface area (Å²) in [7, 11) is 1.92. The van der Waals surface area contributed by atoms with Crippen molar-refractivity contribution in [3.63, 3.8) is 0 Å². The molecule has 0 bridgehead atoms. The summed E-state index contributed by atoms with van der Waals surface area (Å²) in [6, 6.07) is 0. The number of hydrogen-bond donors (Lipinski definition) is 2. The smallest absolute Gasteiger partial charge is 0.106 e. The van der Waals surface area contributed by atoms with Gasteiger partial charge in [-0.1, -0.05) is 0 Å². The average Bonchev–Trinajstić information content (AvgIpc) is 2.82. The Kier molecular flexibility index (Phi) is 3.05. The molecule has 0 amide bonds. The quantitative estimate of drug-likeness (QED) is 0.806. The highest BCUT2D eigenvalue weighted by atomic mass is 15.2. The molecule has 0 aliphatic heterocycles. The van der Waals surface area contributed by atoms with Crippen molar-refractivity contribution < 1.29 is 0 Å². The van der Waals surface area contributed by atoms with Crippen LogP contribution in [0, 0.1) is 6.92 Å². The molecular formula is C11H17N5. The van der Waals surface area contributed by atoms with Crippen molar-refractivity contribution in [2.75, 3.05) is 6.54 Å². The van der Waals surface area contributed by atoms with Crippen LogP contribution in [0.5, 0.6) is 0 Å². The van der Waals surface area contributed by atoms with Crippen molar-refractivity contribution in [2.24, 2.45) is 12.8 Å². The molecule has 5 nitrogen and oxygen atoms in total. The maximum atomic E-state index is 5.47. The van der Waals surface area contributed by atoms with Crippen LogP contribution in [0.2, 0.25) is 0 Å². The van der Waals surface area contributed by atoms with Gasteiger partial charge >= 0.3 is 0 Å². The summed E-state index contributed by atoms with van der Waals surface area (Å²) in [4.78, 5) is 7.63. The highest BCUT2D eigenvalue weighted by Crippen LogP contribution is 2.20. The minimum Gasteiger partial charge on any atom is -0.342 e. The Labute approximate surface area is 94.7 Å². The predicted octanol–water partition coefficient (Wildman–Crippen LogP) is 1.01. The molecule has 2 heterocycles. The van der Waals surface area contributed by atoms with Gasteiger partial charge < -0.3 is 10.7 Å². The van der Waals surface area contributed by atoms with Crippen LogP contribution in [0.15, 0.2) is 12.4 Å². The lowest BCUT2D eigenvalue weighted by Crippen LogP contribution is -2.01. The predicted molar refractivity (Wildman–Crippen MR) is 62.9 cm³/mol. The highest BCUT2D eigenvalue weighted by molar-refractivity contribution is 5.60. The van der Waals surface area contributed by atoms with Gasteiger partial charge in [0, 0.05) is 25.2 Å². The maximum Gasteiger partial charge on any atom is 0.106 e. The third kappa shape index (κ3) is 2.14. The van der Waals surface area contributed by atoms with Crippen LogP contribution in [0.3, 0.4) is 0 Å². The Morgan fingerprint density at radius 3 is 2.94 bits per heavy atom. The van der Waals surface area contributed by atoms with E-state index in [0.717, 1.165) is 35.6 Å². The minimum atomic E-state index is 0.696. The van der Waals surface area contributed by atoms with Gasteiger partial charge in [-0.2, -0.15) is 5.10 Å². The van der Waals surface area contributed by atoms with Gasteiger partial charge in [-0.05, 0) is 19.9 Å². The van der Waals surface area contributed by atoms with Crippen molar-refractivity contribution in [2.45, 2.75) is 19.8 Å². The van der Waals surface area contributed by atoms with Crippen molar-refractivity contribution >= 4 is 0 Å². The molecular weight excluding hydrogens is 202 g/mol. The lowest BCUT2D eigenvalue weighted by atomic mass is 10.2. The average molecular weight is 219 g/mol. The summed E-state index contributed by atoms with van der Waals surface area (Å²) < 4.78 is 1.81. The second kappa shape index (κ2) is 4.49. The van der Waals surface area contributed by atoms with Gasteiger partial charge in [-0.25, -0.2) is 4.98 Å². The van der Waals surface area contributed by atoms with Gasteiger partial charge in [0.05, 0.1) is 17.6 Å². The number of aryl methyl sites for hydroxylation is 3. The van der Waals surface area contributed by atoms with Gasteiger partial charge in [0.15, 0.2) is 0 Å². The van der Waals surface area contributed by atoms with E-state index in [1.807, 2.05) is 31.0 Å². The topological polar surface area (TPSA) is 72.5 Å². The Morgan fingerprint density at radius 1 is 1.50 bits per heavy atom. The van der Waals surface area contributed by atoms with Crippen LogP contribution in [-0.2, 0) is 13.5 Å². The molecule has 16 heavy (non-hydrogen) atoms. The summed E-state index contributed by atoms with van der Waals surface area (Å²) in [5.41, 5.74) is 8.61. The van der Waals surface area contributed by atoms with Crippen LogP contribution >= 0.6 is 0 Å². The highest BCUT2D eigenvalue weighted by Gasteiger charge is 2.08. The van der Waals surface area contributed by atoms with Crippen LogP contribution in [0.1, 0.15) is 17.9 Å². The zero-order valence-corrected chi connectivity index (χ0v) is 9.70. The number of nitrogens with zero attached hydrogens (tertiary/aromatic N) is 3. The van der Waals surface area contributed by atoms with E-state index in [0.29, 0.717) is 6.54 Å². The van der Waals surface area contributed by atoms with Crippen LogP contribution < -0.4 is 5.73 Å². The molecule has 0 saturated heterocycles. The first-order valence-electron chi connectivity index (χ1n) is 5.45. The van der Waals surface area contributed by atoms with E-state index in [1.165, 1.54) is 0 Å². The van der Waals surface area contributed by atoms with Gasteiger partial charge in [-0.15, -0.1) is 0 Å². The fraction of sp³-hybridized carbons (Fsp3) is 0.455. The third-order valence-corrected chi connectivity index (χ3v) is 2.55. The Balaban J connectivity index is 2.21. The van der Waals surface area contributed by atoms with Crippen molar-refractivity contribution in [3.8, 4) is 11.3 Å². The summed E-state index contributed by atoms with van der Waals surface area (Å²) >= 11 is 0. The Bertz CT molecular complexity index is 468. The summed E-state index contributed by atoms with van der Waals surface area (Å²) in [6.07, 6.45) is 5.71. The van der Waals surface area contributed by atoms with Crippen molar-refractivity contribution in [1.29, 1.82) is 0 Å². The molecule has 2 aromatic rings. The molecule has 2 rings (SSSR count). The van der Waals surface area contributed by atoms with Gasteiger partial charge in [-0.3, -0.25) is 4.68 Å². The number of nitrogens with one attached hydrogen (secondary N) is 1. The van der Waals surface area contributed by atoms with Crippen LogP contribution in [0.4, 0.5) is 0 Å². The minimum absolute atomic E-state index is 0.696. The molecule has 0 aromatic carbocycles. The molecule has 0 atom stereocenters. The summed E-state index contributed by atoms with van der Waals surface area (Å²) in [6.45, 7) is 2.69. The van der Waals surface area contributed by atoms with E-state index in [-0.39, 0.29) is 0 Å². The molecule has 86 valence electrons. The zero-order chi connectivity index (χ0) is 11.5. The first kappa shape index (κ1) is 10.9. The van der Waals surface area contributed by atoms with Crippen molar-refractivity contribution in [3.05, 3.63) is 23.9 Å². The van der Waals surface area contributed by atoms with Gasteiger partial charge in [0.2, 0.25) is 0 Å². The van der Waals surface area contributed by atoms with Crippen LogP contribution in [-0.4, -0.2) is 26.3 Å². The Morgan fingerprint density at radius 2 is 2.31 bits per heavy atom. The van der Waals surface area contributed by atoms with Crippen molar-refractivity contribution in [1.82, 2.24) is 19.7 Å². The van der Waals surface area contributed by atoms with Gasteiger partial charge in [0.1, 0.15) is 5.82 Å². The third-order valence-electron chi connectivity index (χ3n) is 2.55. The fourth-order valence-corrected chi connectivity index (χ4v) is 1.76. The first-order valence-corrected chi connectivity index (χ1v) is 5.45. The number of aromatic nitrogens is 4. The molecule has 0 fully saturated rings. The SMILES string of the molecule is Cc1nn(C)cc1-c1cnc(CCCN)[nH]1. The van der Waals surface area contributed by atoms with E-state index < -0.39 is 0 Å². The molecule has 0 radical (unpaired) electrons. The summed E-state index contributed by atoms with van der Waals surface area (Å²) in [5.74, 6) is 0.990. The number of nitrogens with two attached hydrogens (primary N) is 1. The molecule has 0 aliphatic rings. The van der Waals surface area contributed by atoms with E-state index in [4.69, 9.17) is 5.73 Å². The number of H-pyrrole nitrogens is 1. The summed E-state index contributed by atoms with van der Waals surface area (Å²) in [5, 5.41) is 4.31. The number of aromatic amines is 1. The second-order valence-electron chi connectivity index (χ2n) is 3.94. The molecule has 0 saturated carbocycles. The Hall–Kier alpha value is -1.62. The lowest BCUT2D eigenvalue weighted by molar-refractivity contribution is 0.756. The number of imidazole rings is 1. The molecule has 0 spiro atoms. The van der Waals surface area contributed by atoms with Gasteiger partial charge in [0.25, 0.3) is 0 Å². The monoisotopic (exact) mass is 219 g/mol. The molecule has 3 N–H and O–H groups in total. The van der Waals surface area contributed by atoms with E-state index in [9.17, 15) is 0 Å². The molecule has 0 unspecified atom stereocenters. The number of rotatable bonds is 4. The zero-order valence-electron chi connectivity index (χ0n) is 9.70. The van der Waals surface area contributed by atoms with Crippen LogP contribution in [0.25, 0.3) is 11.3 Å². The van der Waals surface area contributed by atoms with E-state index in [1.54, 1.807) is 0 Å². The van der Waals surface area contributed by atoms with E-state index >= 15 is 0 Å². The second-order valence-corrected chi connectivity index (χ2v) is 3.94. The first-order chi connectivity index (χ1) is 7.70. The lowest BCUT2D eigenvalue weighted by Gasteiger charge is -1.94. The molecule has 5 heteroatoms. The largest absolute Gasteiger partial charge is 0.342 e. The maximum absolute atomic E-state index is 5.47.